The van der Waals surface area contributed by atoms with Gasteiger partial charge in [-0.1, -0.05) is 17.7 Å². The van der Waals surface area contributed by atoms with Gasteiger partial charge in [-0.2, -0.15) is 0 Å². The van der Waals surface area contributed by atoms with Gasteiger partial charge in [0.25, 0.3) is 0 Å². The molecule has 0 saturated heterocycles. The number of nitrogens with zero attached hydrogens (tertiary/aromatic N) is 1. The van der Waals surface area contributed by atoms with Crippen LogP contribution in [0.25, 0.3) is 10.9 Å². The number of rotatable bonds is 4. The van der Waals surface area contributed by atoms with Crippen LogP contribution in [-0.2, 0) is 11.2 Å². The molecule has 1 spiro atoms. The van der Waals surface area contributed by atoms with E-state index in [-0.39, 0.29) is 29.4 Å². The second kappa shape index (κ2) is 7.98. The minimum absolute atomic E-state index is 0.0301. The second-order valence-corrected chi connectivity index (χ2v) is 9.76. The standard InChI is InChI=1S/C26H24ClF2NO/c27-19-2-1-17(23(29)12-19)11-25(31)18-14-26(15-18)8-5-16(6-9-26)21-7-10-30-24-4-3-20(28)13-22(21)24/h1-4,7,10,12-13,16,18H,5-6,8-9,11,14-15H2. The number of hydrogen-bond acceptors (Lipinski definition) is 2. The monoisotopic (exact) mass is 439 g/mol. The number of benzene rings is 2. The Balaban J connectivity index is 1.21. The third-order valence-corrected chi connectivity index (χ3v) is 7.65. The second-order valence-electron chi connectivity index (χ2n) is 9.32. The van der Waals surface area contributed by atoms with Crippen LogP contribution in [0.5, 0.6) is 0 Å². The van der Waals surface area contributed by atoms with Crippen molar-refractivity contribution in [3.63, 3.8) is 0 Å². The van der Waals surface area contributed by atoms with E-state index in [0.717, 1.165) is 49.4 Å². The van der Waals surface area contributed by atoms with Crippen LogP contribution in [-0.4, -0.2) is 10.8 Å². The summed E-state index contributed by atoms with van der Waals surface area (Å²) in [4.78, 5) is 17.1. The molecule has 5 heteroatoms. The van der Waals surface area contributed by atoms with Crippen LogP contribution < -0.4 is 0 Å². The number of fused-ring (bicyclic) bond motifs is 1. The van der Waals surface area contributed by atoms with Crippen molar-refractivity contribution >= 4 is 28.3 Å². The highest BCUT2D eigenvalue weighted by molar-refractivity contribution is 6.30. The predicted molar refractivity (Wildman–Crippen MR) is 118 cm³/mol. The van der Waals surface area contributed by atoms with Crippen molar-refractivity contribution in [1.82, 2.24) is 4.98 Å². The SMILES string of the molecule is O=C(Cc1ccc(Cl)cc1F)C1CC2(CCC(c3ccnc4ccc(F)cc34)CC2)C1. The van der Waals surface area contributed by atoms with Gasteiger partial charge in [0.15, 0.2) is 0 Å². The van der Waals surface area contributed by atoms with Crippen LogP contribution in [0.3, 0.4) is 0 Å². The number of hydrogen-bond donors (Lipinski definition) is 0. The topological polar surface area (TPSA) is 30.0 Å². The molecule has 0 radical (unpaired) electrons. The molecule has 0 amide bonds. The van der Waals surface area contributed by atoms with Crippen molar-refractivity contribution in [2.75, 3.05) is 0 Å². The van der Waals surface area contributed by atoms with Gasteiger partial charge in [0.05, 0.1) is 5.52 Å². The summed E-state index contributed by atoms with van der Waals surface area (Å²) in [7, 11) is 0. The average molecular weight is 440 g/mol. The fraction of sp³-hybridized carbons (Fsp3) is 0.385. The summed E-state index contributed by atoms with van der Waals surface area (Å²) in [6.45, 7) is 0. The van der Waals surface area contributed by atoms with Crippen LogP contribution in [0.15, 0.2) is 48.7 Å². The molecule has 0 N–H and O–H groups in total. The molecular weight excluding hydrogens is 416 g/mol. The molecule has 2 aromatic carbocycles. The van der Waals surface area contributed by atoms with E-state index in [0.29, 0.717) is 16.5 Å². The fourth-order valence-corrected chi connectivity index (χ4v) is 5.81. The maximum atomic E-state index is 14.0. The molecule has 2 aliphatic carbocycles. The molecule has 2 aliphatic rings. The minimum Gasteiger partial charge on any atom is -0.299 e. The third-order valence-electron chi connectivity index (χ3n) is 7.42. The Hall–Kier alpha value is -2.33. The Bertz CT molecular complexity index is 1150. The van der Waals surface area contributed by atoms with Crippen LogP contribution in [0.2, 0.25) is 5.02 Å². The van der Waals surface area contributed by atoms with Crippen LogP contribution in [0.1, 0.15) is 55.6 Å². The van der Waals surface area contributed by atoms with Gasteiger partial charge in [-0.3, -0.25) is 9.78 Å². The molecule has 2 nitrogen and oxygen atoms in total. The Morgan fingerprint density at radius 2 is 1.84 bits per heavy atom. The van der Waals surface area contributed by atoms with Gasteiger partial charge in [-0.25, -0.2) is 8.78 Å². The minimum atomic E-state index is -0.406. The van der Waals surface area contributed by atoms with E-state index in [1.807, 2.05) is 12.3 Å². The first kappa shape index (κ1) is 20.6. The Kier molecular flexibility index (Phi) is 5.29. The number of Topliss-reactive ketones (excluding diaryl/α,β-unsaturated/α-hetero) is 1. The number of ketones is 1. The van der Waals surface area contributed by atoms with Crippen molar-refractivity contribution < 1.29 is 13.6 Å². The molecular formula is C26H24ClF2NO. The maximum absolute atomic E-state index is 14.0. The molecule has 0 aliphatic heterocycles. The normalized spacial score (nSPS) is 25.5. The number of carbonyl (C=O) groups is 1. The van der Waals surface area contributed by atoms with E-state index in [1.165, 1.54) is 17.7 Å². The molecule has 0 unspecified atom stereocenters. The highest BCUT2D eigenvalue weighted by Gasteiger charge is 2.48. The maximum Gasteiger partial charge on any atom is 0.140 e. The van der Waals surface area contributed by atoms with E-state index in [4.69, 9.17) is 11.6 Å². The van der Waals surface area contributed by atoms with Crippen molar-refractivity contribution in [2.45, 2.75) is 50.9 Å². The van der Waals surface area contributed by atoms with Crippen molar-refractivity contribution in [1.29, 1.82) is 0 Å². The number of carbonyl (C=O) groups excluding carboxylic acids is 1. The van der Waals surface area contributed by atoms with Crippen molar-refractivity contribution in [3.8, 4) is 0 Å². The number of pyridine rings is 1. The molecule has 1 aromatic heterocycles. The number of aromatic nitrogens is 1. The van der Waals surface area contributed by atoms with E-state index < -0.39 is 5.82 Å². The average Bonchev–Trinajstić information content (AvgIpc) is 2.73. The molecule has 0 atom stereocenters. The molecule has 3 aromatic rings. The molecule has 160 valence electrons. The summed E-state index contributed by atoms with van der Waals surface area (Å²) in [6.07, 6.45) is 8.00. The molecule has 2 saturated carbocycles. The lowest BCUT2D eigenvalue weighted by Gasteiger charge is -2.51. The Morgan fingerprint density at radius 1 is 1.06 bits per heavy atom. The van der Waals surface area contributed by atoms with Gasteiger partial charge in [0, 0.05) is 28.9 Å². The van der Waals surface area contributed by atoms with Crippen LogP contribution in [0.4, 0.5) is 8.78 Å². The van der Waals surface area contributed by atoms with Gasteiger partial charge >= 0.3 is 0 Å². The van der Waals surface area contributed by atoms with Crippen LogP contribution >= 0.6 is 11.6 Å². The molecule has 1 heterocycles. The highest BCUT2D eigenvalue weighted by Crippen LogP contribution is 2.57. The largest absolute Gasteiger partial charge is 0.299 e. The summed E-state index contributed by atoms with van der Waals surface area (Å²) in [5.41, 5.74) is 2.69. The zero-order valence-electron chi connectivity index (χ0n) is 17.2. The zero-order valence-corrected chi connectivity index (χ0v) is 18.0. The number of halogens is 3. The lowest BCUT2D eigenvalue weighted by atomic mass is 9.53. The van der Waals surface area contributed by atoms with E-state index >= 15 is 0 Å². The van der Waals surface area contributed by atoms with E-state index in [1.54, 1.807) is 24.3 Å². The van der Waals surface area contributed by atoms with Gasteiger partial charge in [0.2, 0.25) is 0 Å². The van der Waals surface area contributed by atoms with E-state index in [2.05, 4.69) is 4.98 Å². The summed E-state index contributed by atoms with van der Waals surface area (Å²) in [6, 6.07) is 11.3. The fourth-order valence-electron chi connectivity index (χ4n) is 5.66. The van der Waals surface area contributed by atoms with Crippen LogP contribution in [0, 0.1) is 23.0 Å². The first-order valence-corrected chi connectivity index (χ1v) is 11.3. The predicted octanol–water partition coefficient (Wildman–Crippen LogP) is 7.03. The van der Waals surface area contributed by atoms with Crippen molar-refractivity contribution in [3.05, 3.63) is 76.4 Å². The first-order valence-electron chi connectivity index (χ1n) is 10.9. The summed E-state index contributed by atoms with van der Waals surface area (Å²) < 4.78 is 27.8. The summed E-state index contributed by atoms with van der Waals surface area (Å²) in [5, 5.41) is 1.26. The van der Waals surface area contributed by atoms with Gasteiger partial charge in [-0.05, 0) is 97.4 Å². The van der Waals surface area contributed by atoms with Gasteiger partial charge in [0.1, 0.15) is 17.4 Å². The van der Waals surface area contributed by atoms with E-state index in [9.17, 15) is 13.6 Å². The molecule has 31 heavy (non-hydrogen) atoms. The lowest BCUT2D eigenvalue weighted by molar-refractivity contribution is -0.131. The Morgan fingerprint density at radius 3 is 2.58 bits per heavy atom. The van der Waals surface area contributed by atoms with Gasteiger partial charge in [-0.15, -0.1) is 0 Å². The molecule has 5 rings (SSSR count). The first-order chi connectivity index (χ1) is 14.9. The van der Waals surface area contributed by atoms with Crippen molar-refractivity contribution in [2.24, 2.45) is 11.3 Å². The summed E-state index contributed by atoms with van der Waals surface area (Å²) >= 11 is 5.80. The lowest BCUT2D eigenvalue weighted by Crippen LogP contribution is -2.43. The quantitative estimate of drug-likeness (QED) is 0.436. The molecule has 2 fully saturated rings. The van der Waals surface area contributed by atoms with Gasteiger partial charge < -0.3 is 0 Å². The highest BCUT2D eigenvalue weighted by atomic mass is 35.5. The molecule has 0 bridgehead atoms. The Labute approximate surface area is 185 Å². The third kappa shape index (κ3) is 3.98. The zero-order chi connectivity index (χ0) is 21.6. The smallest absolute Gasteiger partial charge is 0.140 e. The summed E-state index contributed by atoms with van der Waals surface area (Å²) in [5.74, 6) is -0.0780.